The fraction of sp³-hybridized carbons (Fsp3) is 0.294. The molecule has 1 amide bonds. The Bertz CT molecular complexity index is 654. The van der Waals surface area contributed by atoms with Gasteiger partial charge >= 0.3 is 5.97 Å². The first kappa shape index (κ1) is 16.0. The van der Waals surface area contributed by atoms with Crippen molar-refractivity contribution in [2.24, 2.45) is 0 Å². The van der Waals surface area contributed by atoms with Gasteiger partial charge in [0.2, 0.25) is 0 Å². The second kappa shape index (κ2) is 8.14. The van der Waals surface area contributed by atoms with Crippen molar-refractivity contribution in [3.8, 4) is 0 Å². The normalized spacial score (nSPS) is 10.4. The average molecular weight is 301 g/mol. The standard InChI is InChI=1S/C17H19NO4/c1-21-9-8-18-16(19)12-22-17(20)11-13-6-7-14-4-2-3-5-15(14)10-13/h2-7,10H,8-9,11-12H2,1H3,(H,18,19). The van der Waals surface area contributed by atoms with E-state index in [1.165, 1.54) is 0 Å². The van der Waals surface area contributed by atoms with E-state index >= 15 is 0 Å². The second-order valence-electron chi connectivity index (χ2n) is 4.86. The Kier molecular flexibility index (Phi) is 5.91. The van der Waals surface area contributed by atoms with E-state index < -0.39 is 5.97 Å². The van der Waals surface area contributed by atoms with Gasteiger partial charge in [0.05, 0.1) is 13.0 Å². The monoisotopic (exact) mass is 301 g/mol. The van der Waals surface area contributed by atoms with Crippen molar-refractivity contribution in [2.45, 2.75) is 6.42 Å². The van der Waals surface area contributed by atoms with Crippen LogP contribution in [-0.4, -0.2) is 38.7 Å². The van der Waals surface area contributed by atoms with E-state index in [0.29, 0.717) is 13.2 Å². The van der Waals surface area contributed by atoms with Gasteiger partial charge in [0.1, 0.15) is 0 Å². The Hall–Kier alpha value is -2.40. The molecule has 0 aromatic heterocycles. The summed E-state index contributed by atoms with van der Waals surface area (Å²) < 4.78 is 9.77. The Morgan fingerprint density at radius 3 is 2.64 bits per heavy atom. The molecule has 0 aliphatic rings. The van der Waals surface area contributed by atoms with Gasteiger partial charge in [0.25, 0.3) is 5.91 Å². The van der Waals surface area contributed by atoms with Crippen molar-refractivity contribution >= 4 is 22.6 Å². The molecule has 0 fully saturated rings. The lowest BCUT2D eigenvalue weighted by Gasteiger charge is -2.07. The lowest BCUT2D eigenvalue weighted by molar-refractivity contribution is -0.147. The minimum absolute atomic E-state index is 0.149. The highest BCUT2D eigenvalue weighted by Crippen LogP contribution is 2.16. The maximum Gasteiger partial charge on any atom is 0.310 e. The minimum atomic E-state index is -0.419. The van der Waals surface area contributed by atoms with Crippen LogP contribution in [0.25, 0.3) is 10.8 Å². The molecule has 5 nitrogen and oxygen atoms in total. The van der Waals surface area contributed by atoms with E-state index in [9.17, 15) is 9.59 Å². The van der Waals surface area contributed by atoms with Crippen molar-refractivity contribution < 1.29 is 19.1 Å². The van der Waals surface area contributed by atoms with E-state index in [0.717, 1.165) is 16.3 Å². The molecule has 22 heavy (non-hydrogen) atoms. The largest absolute Gasteiger partial charge is 0.455 e. The third kappa shape index (κ3) is 4.86. The van der Waals surface area contributed by atoms with Gasteiger partial charge < -0.3 is 14.8 Å². The molecule has 2 aromatic carbocycles. The van der Waals surface area contributed by atoms with Crippen molar-refractivity contribution in [1.29, 1.82) is 0 Å². The molecule has 0 heterocycles. The van der Waals surface area contributed by atoms with Crippen LogP contribution in [0, 0.1) is 0 Å². The fourth-order valence-corrected chi connectivity index (χ4v) is 2.06. The number of methoxy groups -OCH3 is 1. The molecule has 5 heteroatoms. The van der Waals surface area contributed by atoms with Crippen LogP contribution in [0.5, 0.6) is 0 Å². The summed E-state index contributed by atoms with van der Waals surface area (Å²) in [7, 11) is 1.55. The predicted octanol–water partition coefficient (Wildman–Crippen LogP) is 1.69. The zero-order chi connectivity index (χ0) is 15.8. The molecule has 1 N–H and O–H groups in total. The first-order valence-electron chi connectivity index (χ1n) is 7.08. The third-order valence-corrected chi connectivity index (χ3v) is 3.15. The summed E-state index contributed by atoms with van der Waals surface area (Å²) >= 11 is 0. The van der Waals surface area contributed by atoms with Crippen molar-refractivity contribution in [1.82, 2.24) is 5.32 Å². The first-order valence-corrected chi connectivity index (χ1v) is 7.08. The molecule has 0 spiro atoms. The predicted molar refractivity (Wildman–Crippen MR) is 83.5 cm³/mol. The smallest absolute Gasteiger partial charge is 0.310 e. The number of benzene rings is 2. The average Bonchev–Trinajstić information content (AvgIpc) is 2.53. The molecule has 0 aliphatic carbocycles. The molecule has 0 atom stereocenters. The molecular weight excluding hydrogens is 282 g/mol. The van der Waals surface area contributed by atoms with Gasteiger partial charge in [-0.05, 0) is 16.3 Å². The fourth-order valence-electron chi connectivity index (χ4n) is 2.06. The summed E-state index contributed by atoms with van der Waals surface area (Å²) in [5.41, 5.74) is 0.864. The van der Waals surface area contributed by atoms with Crippen molar-refractivity contribution in [3.05, 3.63) is 48.0 Å². The zero-order valence-electron chi connectivity index (χ0n) is 12.5. The Morgan fingerprint density at radius 2 is 1.86 bits per heavy atom. The van der Waals surface area contributed by atoms with Gasteiger partial charge in [0.15, 0.2) is 6.61 Å². The van der Waals surface area contributed by atoms with Crippen LogP contribution in [0.4, 0.5) is 0 Å². The highest BCUT2D eigenvalue weighted by atomic mass is 16.5. The van der Waals surface area contributed by atoms with Crippen LogP contribution in [0.1, 0.15) is 5.56 Å². The van der Waals surface area contributed by atoms with Crippen molar-refractivity contribution in [2.75, 3.05) is 26.9 Å². The van der Waals surface area contributed by atoms with E-state index in [4.69, 9.17) is 9.47 Å². The number of ether oxygens (including phenoxy) is 2. The van der Waals surface area contributed by atoms with Crippen LogP contribution in [0.2, 0.25) is 0 Å². The number of hydrogen-bond acceptors (Lipinski definition) is 4. The van der Waals surface area contributed by atoms with Gasteiger partial charge in [-0.15, -0.1) is 0 Å². The number of fused-ring (bicyclic) bond motifs is 1. The number of rotatable bonds is 7. The number of carbonyl (C=O) groups excluding carboxylic acids is 2. The number of hydrogen-bond donors (Lipinski definition) is 1. The molecule has 0 saturated heterocycles. The molecule has 0 aliphatic heterocycles. The molecule has 0 bridgehead atoms. The van der Waals surface area contributed by atoms with Gasteiger partial charge in [-0.3, -0.25) is 9.59 Å². The molecule has 0 saturated carbocycles. The minimum Gasteiger partial charge on any atom is -0.455 e. The van der Waals surface area contributed by atoms with Gasteiger partial charge in [-0.25, -0.2) is 0 Å². The quantitative estimate of drug-likeness (QED) is 0.624. The summed E-state index contributed by atoms with van der Waals surface area (Å²) in [5.74, 6) is -0.749. The van der Waals surface area contributed by atoms with Gasteiger partial charge in [-0.1, -0.05) is 42.5 Å². The van der Waals surface area contributed by atoms with E-state index in [2.05, 4.69) is 5.32 Å². The third-order valence-electron chi connectivity index (χ3n) is 3.15. The second-order valence-corrected chi connectivity index (χ2v) is 4.86. The zero-order valence-corrected chi connectivity index (χ0v) is 12.5. The molecular formula is C17H19NO4. The van der Waals surface area contributed by atoms with Crippen LogP contribution >= 0.6 is 0 Å². The maximum atomic E-state index is 11.8. The molecule has 0 unspecified atom stereocenters. The lowest BCUT2D eigenvalue weighted by atomic mass is 10.1. The first-order chi connectivity index (χ1) is 10.7. The SMILES string of the molecule is COCCNC(=O)COC(=O)Cc1ccc2ccccc2c1. The van der Waals surface area contributed by atoms with Crippen LogP contribution in [0.15, 0.2) is 42.5 Å². The summed E-state index contributed by atoms with van der Waals surface area (Å²) in [6, 6.07) is 13.7. The van der Waals surface area contributed by atoms with E-state index in [1.54, 1.807) is 7.11 Å². The summed E-state index contributed by atoms with van der Waals surface area (Å²) in [5, 5.41) is 4.78. The number of esters is 1. The van der Waals surface area contributed by atoms with Crippen LogP contribution < -0.4 is 5.32 Å². The highest BCUT2D eigenvalue weighted by Gasteiger charge is 2.08. The summed E-state index contributed by atoms with van der Waals surface area (Å²) in [6.45, 7) is 0.560. The number of carbonyl (C=O) groups is 2. The molecule has 2 rings (SSSR count). The summed E-state index contributed by atoms with van der Waals surface area (Å²) in [4.78, 5) is 23.2. The van der Waals surface area contributed by atoms with Crippen LogP contribution in [0.3, 0.4) is 0 Å². The van der Waals surface area contributed by atoms with E-state index in [1.807, 2.05) is 42.5 Å². The van der Waals surface area contributed by atoms with Gasteiger partial charge in [-0.2, -0.15) is 0 Å². The van der Waals surface area contributed by atoms with E-state index in [-0.39, 0.29) is 18.9 Å². The lowest BCUT2D eigenvalue weighted by Crippen LogP contribution is -2.31. The summed E-state index contributed by atoms with van der Waals surface area (Å²) in [6.07, 6.45) is 0.149. The molecule has 2 aromatic rings. The molecule has 116 valence electrons. The van der Waals surface area contributed by atoms with Gasteiger partial charge in [0, 0.05) is 13.7 Å². The topological polar surface area (TPSA) is 64.6 Å². The highest BCUT2D eigenvalue weighted by molar-refractivity contribution is 5.85. The number of amides is 1. The Morgan fingerprint density at radius 1 is 1.09 bits per heavy atom. The van der Waals surface area contributed by atoms with Crippen LogP contribution in [-0.2, 0) is 25.5 Å². The molecule has 0 radical (unpaired) electrons. The van der Waals surface area contributed by atoms with Crippen molar-refractivity contribution in [3.63, 3.8) is 0 Å². The Labute approximate surface area is 129 Å². The Balaban J connectivity index is 1.82. The maximum absolute atomic E-state index is 11.8. The number of nitrogens with one attached hydrogen (secondary N) is 1.